The number of aliphatic carboxylic acids is 1. The maximum atomic E-state index is 11.0. The summed E-state index contributed by atoms with van der Waals surface area (Å²) in [5.74, 6) is -0.0315. The van der Waals surface area contributed by atoms with Crippen LogP contribution in [0.2, 0.25) is 0 Å². The van der Waals surface area contributed by atoms with Crippen LogP contribution in [0.4, 0.5) is 0 Å². The number of aromatic nitrogens is 2. The van der Waals surface area contributed by atoms with E-state index >= 15 is 0 Å². The Labute approximate surface area is 105 Å². The van der Waals surface area contributed by atoms with Crippen LogP contribution < -0.4 is 0 Å². The summed E-state index contributed by atoms with van der Waals surface area (Å²) in [6.45, 7) is 0.733. The highest BCUT2D eigenvalue weighted by molar-refractivity contribution is 5.70. The Kier molecular flexibility index (Phi) is 2.63. The van der Waals surface area contributed by atoms with Crippen molar-refractivity contribution in [2.75, 3.05) is 0 Å². The molecule has 18 heavy (non-hydrogen) atoms. The van der Waals surface area contributed by atoms with Gasteiger partial charge >= 0.3 is 5.97 Å². The lowest BCUT2D eigenvalue weighted by atomic mass is 9.96. The SMILES string of the molecule is O=C(O)C1CCn2c(cnc2-c2ccccc2)C1. The second kappa shape index (κ2) is 4.29. The van der Waals surface area contributed by atoms with Crippen molar-refractivity contribution < 1.29 is 9.90 Å². The molecule has 0 aliphatic carbocycles. The number of carboxylic acids is 1. The first-order valence-corrected chi connectivity index (χ1v) is 6.08. The number of nitrogens with zero attached hydrogens (tertiary/aromatic N) is 2. The van der Waals surface area contributed by atoms with Crippen LogP contribution in [-0.4, -0.2) is 20.6 Å². The minimum atomic E-state index is -0.705. The van der Waals surface area contributed by atoms with Crippen LogP contribution in [0.15, 0.2) is 36.5 Å². The molecule has 0 saturated heterocycles. The van der Waals surface area contributed by atoms with Crippen molar-refractivity contribution in [2.45, 2.75) is 19.4 Å². The van der Waals surface area contributed by atoms with E-state index in [-0.39, 0.29) is 5.92 Å². The minimum absolute atomic E-state index is 0.266. The molecule has 1 atom stereocenters. The third kappa shape index (κ3) is 1.79. The number of benzene rings is 1. The molecular formula is C14H14N2O2. The second-order valence-corrected chi connectivity index (χ2v) is 4.62. The van der Waals surface area contributed by atoms with Gasteiger partial charge in [-0.3, -0.25) is 4.79 Å². The van der Waals surface area contributed by atoms with Crippen LogP contribution in [0.25, 0.3) is 11.4 Å². The van der Waals surface area contributed by atoms with Gasteiger partial charge in [-0.05, 0) is 6.42 Å². The highest BCUT2D eigenvalue weighted by atomic mass is 16.4. The zero-order valence-corrected chi connectivity index (χ0v) is 9.91. The predicted octanol–water partition coefficient (Wildman–Crippen LogP) is 2.20. The van der Waals surface area contributed by atoms with Crippen molar-refractivity contribution in [2.24, 2.45) is 5.92 Å². The Morgan fingerprint density at radius 2 is 2.11 bits per heavy atom. The monoisotopic (exact) mass is 242 g/mol. The number of hydrogen-bond acceptors (Lipinski definition) is 2. The molecular weight excluding hydrogens is 228 g/mol. The summed E-state index contributed by atoms with van der Waals surface area (Å²) in [7, 11) is 0. The molecule has 0 fully saturated rings. The van der Waals surface area contributed by atoms with Crippen LogP contribution in [0, 0.1) is 5.92 Å². The molecule has 3 rings (SSSR count). The second-order valence-electron chi connectivity index (χ2n) is 4.62. The van der Waals surface area contributed by atoms with Crippen LogP contribution in [-0.2, 0) is 17.8 Å². The lowest BCUT2D eigenvalue weighted by Crippen LogP contribution is -2.25. The molecule has 1 aliphatic heterocycles. The number of rotatable bonds is 2. The summed E-state index contributed by atoms with van der Waals surface area (Å²) in [6, 6.07) is 10.0. The zero-order chi connectivity index (χ0) is 12.5. The smallest absolute Gasteiger partial charge is 0.306 e. The van der Waals surface area contributed by atoms with Crippen LogP contribution >= 0.6 is 0 Å². The minimum Gasteiger partial charge on any atom is -0.481 e. The van der Waals surface area contributed by atoms with E-state index in [0.29, 0.717) is 12.8 Å². The Balaban J connectivity index is 1.96. The average Bonchev–Trinajstić information content (AvgIpc) is 2.82. The highest BCUT2D eigenvalue weighted by Crippen LogP contribution is 2.27. The summed E-state index contributed by atoms with van der Waals surface area (Å²) in [5, 5.41) is 9.06. The van der Waals surface area contributed by atoms with E-state index in [1.165, 1.54) is 0 Å². The van der Waals surface area contributed by atoms with Crippen LogP contribution in [0.3, 0.4) is 0 Å². The Morgan fingerprint density at radius 1 is 1.33 bits per heavy atom. The predicted molar refractivity (Wildman–Crippen MR) is 67.1 cm³/mol. The first-order valence-electron chi connectivity index (χ1n) is 6.08. The Morgan fingerprint density at radius 3 is 2.83 bits per heavy atom. The fourth-order valence-corrected chi connectivity index (χ4v) is 2.49. The Hall–Kier alpha value is -2.10. The fourth-order valence-electron chi connectivity index (χ4n) is 2.49. The first kappa shape index (κ1) is 11.0. The van der Waals surface area contributed by atoms with Gasteiger partial charge in [-0.1, -0.05) is 30.3 Å². The number of fused-ring (bicyclic) bond motifs is 1. The summed E-state index contributed by atoms with van der Waals surface area (Å²) in [5.41, 5.74) is 2.10. The molecule has 0 bridgehead atoms. The zero-order valence-electron chi connectivity index (χ0n) is 9.91. The fraction of sp³-hybridized carbons (Fsp3) is 0.286. The third-order valence-corrected chi connectivity index (χ3v) is 3.48. The largest absolute Gasteiger partial charge is 0.481 e. The molecule has 4 heteroatoms. The normalized spacial score (nSPS) is 18.3. The van der Waals surface area contributed by atoms with Gasteiger partial charge in [0.25, 0.3) is 0 Å². The molecule has 4 nitrogen and oxygen atoms in total. The lowest BCUT2D eigenvalue weighted by Gasteiger charge is -2.21. The molecule has 1 aromatic carbocycles. The van der Waals surface area contributed by atoms with Gasteiger partial charge in [-0.25, -0.2) is 4.98 Å². The van der Waals surface area contributed by atoms with E-state index in [1.54, 1.807) is 6.20 Å². The molecule has 2 heterocycles. The molecule has 0 radical (unpaired) electrons. The van der Waals surface area contributed by atoms with Gasteiger partial charge in [0.15, 0.2) is 0 Å². The van der Waals surface area contributed by atoms with E-state index in [9.17, 15) is 4.79 Å². The molecule has 0 amide bonds. The Bertz CT molecular complexity index is 575. The van der Waals surface area contributed by atoms with Gasteiger partial charge in [-0.15, -0.1) is 0 Å². The number of carboxylic acid groups (broad SMARTS) is 1. The summed E-state index contributed by atoms with van der Waals surface area (Å²) in [4.78, 5) is 15.4. The summed E-state index contributed by atoms with van der Waals surface area (Å²) >= 11 is 0. The maximum absolute atomic E-state index is 11.0. The van der Waals surface area contributed by atoms with Crippen molar-refractivity contribution >= 4 is 5.97 Å². The van der Waals surface area contributed by atoms with E-state index in [1.807, 2.05) is 30.3 Å². The van der Waals surface area contributed by atoms with Gasteiger partial charge in [0, 0.05) is 30.4 Å². The quantitative estimate of drug-likeness (QED) is 0.878. The van der Waals surface area contributed by atoms with Gasteiger partial charge in [0.1, 0.15) is 5.82 Å². The van der Waals surface area contributed by atoms with Crippen molar-refractivity contribution in [3.05, 3.63) is 42.2 Å². The molecule has 1 aliphatic rings. The van der Waals surface area contributed by atoms with Gasteiger partial charge in [-0.2, -0.15) is 0 Å². The van der Waals surface area contributed by atoms with Crippen molar-refractivity contribution in [1.29, 1.82) is 0 Å². The highest BCUT2D eigenvalue weighted by Gasteiger charge is 2.26. The third-order valence-electron chi connectivity index (χ3n) is 3.48. The lowest BCUT2D eigenvalue weighted by molar-refractivity contribution is -0.142. The number of carbonyl (C=O) groups is 1. The standard InChI is InChI=1S/C14H14N2O2/c17-14(18)11-6-7-16-12(8-11)9-15-13(16)10-4-2-1-3-5-10/h1-5,9,11H,6-8H2,(H,17,18). The number of imidazole rings is 1. The van der Waals surface area contributed by atoms with Gasteiger partial charge in [0.2, 0.25) is 0 Å². The van der Waals surface area contributed by atoms with E-state index < -0.39 is 5.97 Å². The van der Waals surface area contributed by atoms with Crippen molar-refractivity contribution in [3.63, 3.8) is 0 Å². The molecule has 2 aromatic rings. The summed E-state index contributed by atoms with van der Waals surface area (Å²) < 4.78 is 2.13. The molecule has 1 unspecified atom stereocenters. The number of hydrogen-bond donors (Lipinski definition) is 1. The van der Waals surface area contributed by atoms with E-state index in [0.717, 1.165) is 23.6 Å². The van der Waals surface area contributed by atoms with Crippen LogP contribution in [0.5, 0.6) is 0 Å². The topological polar surface area (TPSA) is 55.1 Å². The molecule has 0 spiro atoms. The maximum Gasteiger partial charge on any atom is 0.306 e. The molecule has 92 valence electrons. The summed E-state index contributed by atoms with van der Waals surface area (Å²) in [6.07, 6.45) is 3.06. The van der Waals surface area contributed by atoms with E-state index in [4.69, 9.17) is 5.11 Å². The first-order chi connectivity index (χ1) is 8.75. The van der Waals surface area contributed by atoms with Crippen molar-refractivity contribution in [3.8, 4) is 11.4 Å². The average molecular weight is 242 g/mol. The van der Waals surface area contributed by atoms with Gasteiger partial charge in [0.05, 0.1) is 5.92 Å². The van der Waals surface area contributed by atoms with Crippen LogP contribution in [0.1, 0.15) is 12.1 Å². The molecule has 1 aromatic heterocycles. The molecule has 0 saturated carbocycles. The van der Waals surface area contributed by atoms with Crippen molar-refractivity contribution in [1.82, 2.24) is 9.55 Å². The molecule has 1 N–H and O–H groups in total. The van der Waals surface area contributed by atoms with E-state index in [2.05, 4.69) is 9.55 Å². The van der Waals surface area contributed by atoms with Gasteiger partial charge < -0.3 is 9.67 Å².